The molecule has 0 saturated carbocycles. The van der Waals surface area contributed by atoms with Crippen molar-refractivity contribution in [3.8, 4) is 5.75 Å². The number of amidine groups is 1. The highest BCUT2D eigenvalue weighted by Gasteiger charge is 2.32. The Hall–Kier alpha value is -2.35. The van der Waals surface area contributed by atoms with Crippen LogP contribution in [0.25, 0.3) is 0 Å². The molecule has 2 rings (SSSR count). The smallest absolute Gasteiger partial charge is 0.305 e. The molecule has 1 unspecified atom stereocenters. The van der Waals surface area contributed by atoms with Crippen LogP contribution in [0.1, 0.15) is 18.9 Å². The van der Waals surface area contributed by atoms with E-state index in [-0.39, 0.29) is 12.3 Å². The monoisotopic (exact) mass is 321 g/mol. The Bertz CT molecular complexity index is 613. The number of aliphatic carboxylic acids is 1. The maximum absolute atomic E-state index is 11.5. The first-order chi connectivity index (χ1) is 10.6. The highest BCUT2D eigenvalue weighted by atomic mass is 32.2. The summed E-state index contributed by atoms with van der Waals surface area (Å²) in [6.45, 7) is 2.52. The second-order valence-corrected chi connectivity index (χ2v) is 5.54. The number of thioether (sulfide) groups is 1. The van der Waals surface area contributed by atoms with E-state index in [9.17, 15) is 9.59 Å². The standard InChI is InChI=1S/C14H15N3O4S/c1-2-21-10-5-3-9(4-6-10)8-15-17-14-16-13(20)11(22-14)7-12(18)19/h3-6,8,11H,2,7H2,1H3,(H,18,19)(H,16,17,20)/b15-8+. The quantitative estimate of drug-likeness (QED) is 0.610. The SMILES string of the molecule is CCOc1ccc(/C=N/N=C2/NC(=O)C(CC(=O)O)S2)cc1. The van der Waals surface area contributed by atoms with Gasteiger partial charge in [0.15, 0.2) is 5.17 Å². The molecule has 1 aromatic rings. The van der Waals surface area contributed by atoms with Crippen LogP contribution in [0.3, 0.4) is 0 Å². The van der Waals surface area contributed by atoms with Crippen molar-refractivity contribution in [1.29, 1.82) is 0 Å². The number of ether oxygens (including phenoxy) is 1. The van der Waals surface area contributed by atoms with Crippen LogP contribution in [0, 0.1) is 0 Å². The molecule has 116 valence electrons. The summed E-state index contributed by atoms with van der Waals surface area (Å²) >= 11 is 1.07. The largest absolute Gasteiger partial charge is 0.494 e. The van der Waals surface area contributed by atoms with Gasteiger partial charge in [-0.15, -0.1) is 5.10 Å². The number of hydrogen-bond donors (Lipinski definition) is 2. The predicted octanol–water partition coefficient (Wildman–Crippen LogP) is 1.48. The molecule has 0 radical (unpaired) electrons. The highest BCUT2D eigenvalue weighted by Crippen LogP contribution is 2.22. The van der Waals surface area contributed by atoms with Gasteiger partial charge in [0, 0.05) is 0 Å². The topological polar surface area (TPSA) is 100 Å². The average Bonchev–Trinajstić information content (AvgIpc) is 2.81. The summed E-state index contributed by atoms with van der Waals surface area (Å²) in [4.78, 5) is 22.1. The maximum Gasteiger partial charge on any atom is 0.305 e. The molecule has 0 aliphatic carbocycles. The minimum atomic E-state index is -1.02. The molecule has 2 N–H and O–H groups in total. The lowest BCUT2D eigenvalue weighted by Crippen LogP contribution is -2.26. The van der Waals surface area contributed by atoms with Crippen LogP contribution < -0.4 is 10.1 Å². The fourth-order valence-electron chi connectivity index (χ4n) is 1.71. The van der Waals surface area contributed by atoms with Crippen molar-refractivity contribution in [3.05, 3.63) is 29.8 Å². The summed E-state index contributed by atoms with van der Waals surface area (Å²) in [7, 11) is 0. The average molecular weight is 321 g/mol. The van der Waals surface area contributed by atoms with Crippen LogP contribution in [-0.4, -0.2) is 40.2 Å². The van der Waals surface area contributed by atoms with E-state index in [1.807, 2.05) is 31.2 Å². The van der Waals surface area contributed by atoms with Gasteiger partial charge in [-0.1, -0.05) is 11.8 Å². The summed E-state index contributed by atoms with van der Waals surface area (Å²) in [5.74, 6) is -0.602. The second-order valence-electron chi connectivity index (χ2n) is 4.35. The zero-order chi connectivity index (χ0) is 15.9. The number of carboxylic acid groups (broad SMARTS) is 1. The summed E-state index contributed by atoms with van der Waals surface area (Å²) in [5, 5.41) is 18.6. The number of benzene rings is 1. The fourth-order valence-corrected chi connectivity index (χ4v) is 2.63. The van der Waals surface area contributed by atoms with Crippen LogP contribution in [0.5, 0.6) is 5.75 Å². The van der Waals surface area contributed by atoms with E-state index < -0.39 is 11.2 Å². The molecule has 7 nitrogen and oxygen atoms in total. The fraction of sp³-hybridized carbons (Fsp3) is 0.286. The van der Waals surface area contributed by atoms with Crippen molar-refractivity contribution in [2.24, 2.45) is 10.2 Å². The van der Waals surface area contributed by atoms with Crippen molar-refractivity contribution in [2.45, 2.75) is 18.6 Å². The molecule has 22 heavy (non-hydrogen) atoms. The first kappa shape index (κ1) is 16.0. The molecular formula is C14H15N3O4S. The number of carboxylic acids is 1. The van der Waals surface area contributed by atoms with E-state index in [1.165, 1.54) is 0 Å². The second kappa shape index (κ2) is 7.60. The van der Waals surface area contributed by atoms with Crippen LogP contribution in [-0.2, 0) is 9.59 Å². The van der Waals surface area contributed by atoms with Crippen LogP contribution in [0.15, 0.2) is 34.5 Å². The van der Waals surface area contributed by atoms with Crippen molar-refractivity contribution in [1.82, 2.24) is 5.32 Å². The number of carbonyl (C=O) groups excluding carboxylic acids is 1. The molecule has 0 aromatic heterocycles. The number of hydrogen-bond acceptors (Lipinski definition) is 6. The molecule has 1 aliphatic heterocycles. The molecule has 1 heterocycles. The lowest BCUT2D eigenvalue weighted by molar-refractivity contribution is -0.138. The number of amides is 1. The van der Waals surface area contributed by atoms with Gasteiger partial charge in [-0.2, -0.15) is 5.10 Å². The highest BCUT2D eigenvalue weighted by molar-refractivity contribution is 8.15. The van der Waals surface area contributed by atoms with Crippen molar-refractivity contribution >= 4 is 35.0 Å². The number of nitrogens with one attached hydrogen (secondary N) is 1. The third kappa shape index (κ3) is 4.59. The number of nitrogens with zero attached hydrogens (tertiary/aromatic N) is 2. The van der Waals surface area contributed by atoms with Gasteiger partial charge in [0.05, 0.1) is 19.2 Å². The van der Waals surface area contributed by atoms with E-state index >= 15 is 0 Å². The zero-order valence-corrected chi connectivity index (χ0v) is 12.7. The van der Waals surface area contributed by atoms with E-state index in [0.717, 1.165) is 23.1 Å². The molecule has 0 bridgehead atoms. The van der Waals surface area contributed by atoms with Crippen LogP contribution in [0.4, 0.5) is 0 Å². The lowest BCUT2D eigenvalue weighted by Gasteiger charge is -2.01. The third-order valence-electron chi connectivity index (χ3n) is 2.68. The van der Waals surface area contributed by atoms with Crippen molar-refractivity contribution in [2.75, 3.05) is 6.61 Å². The molecule has 1 amide bonds. The summed E-state index contributed by atoms with van der Waals surface area (Å²) < 4.78 is 5.33. The first-order valence-corrected chi connectivity index (χ1v) is 7.49. The minimum absolute atomic E-state index is 0.238. The molecule has 0 spiro atoms. The minimum Gasteiger partial charge on any atom is -0.494 e. The van der Waals surface area contributed by atoms with E-state index in [4.69, 9.17) is 9.84 Å². The normalized spacial score (nSPS) is 19.6. The van der Waals surface area contributed by atoms with Gasteiger partial charge < -0.3 is 15.2 Å². The van der Waals surface area contributed by atoms with Gasteiger partial charge >= 0.3 is 5.97 Å². The Labute approximate surface area is 131 Å². The summed E-state index contributed by atoms with van der Waals surface area (Å²) in [5.41, 5.74) is 0.837. The number of carbonyl (C=O) groups is 2. The Morgan fingerprint density at radius 2 is 2.18 bits per heavy atom. The third-order valence-corrected chi connectivity index (χ3v) is 3.76. The maximum atomic E-state index is 11.5. The van der Waals surface area contributed by atoms with Crippen molar-refractivity contribution < 1.29 is 19.4 Å². The van der Waals surface area contributed by atoms with Gasteiger partial charge in [0.25, 0.3) is 0 Å². The molecule has 1 saturated heterocycles. The van der Waals surface area contributed by atoms with Crippen LogP contribution in [0.2, 0.25) is 0 Å². The van der Waals surface area contributed by atoms with E-state index in [2.05, 4.69) is 15.5 Å². The predicted molar refractivity (Wildman–Crippen MR) is 84.4 cm³/mol. The van der Waals surface area contributed by atoms with Gasteiger partial charge in [-0.05, 0) is 36.8 Å². The molecular weight excluding hydrogens is 306 g/mol. The molecule has 1 atom stereocenters. The van der Waals surface area contributed by atoms with Crippen LogP contribution >= 0.6 is 11.8 Å². The van der Waals surface area contributed by atoms with Gasteiger partial charge in [-0.25, -0.2) is 0 Å². The van der Waals surface area contributed by atoms with E-state index in [1.54, 1.807) is 6.21 Å². The first-order valence-electron chi connectivity index (χ1n) is 6.61. The van der Waals surface area contributed by atoms with Gasteiger partial charge in [0.1, 0.15) is 11.0 Å². The molecule has 8 heteroatoms. The number of rotatable bonds is 6. The summed E-state index contributed by atoms with van der Waals surface area (Å²) in [6.07, 6.45) is 1.30. The van der Waals surface area contributed by atoms with Crippen molar-refractivity contribution in [3.63, 3.8) is 0 Å². The molecule has 1 aliphatic rings. The Kier molecular flexibility index (Phi) is 5.54. The Balaban J connectivity index is 1.94. The van der Waals surface area contributed by atoms with E-state index in [0.29, 0.717) is 11.8 Å². The Morgan fingerprint density at radius 3 is 2.82 bits per heavy atom. The van der Waals surface area contributed by atoms with Gasteiger partial charge in [0.2, 0.25) is 5.91 Å². The van der Waals surface area contributed by atoms with Gasteiger partial charge in [-0.3, -0.25) is 9.59 Å². The summed E-state index contributed by atoms with van der Waals surface area (Å²) in [6, 6.07) is 7.32. The molecule has 1 aromatic carbocycles. The molecule has 1 fully saturated rings. The lowest BCUT2D eigenvalue weighted by atomic mass is 10.2. The Morgan fingerprint density at radius 1 is 1.45 bits per heavy atom. The zero-order valence-electron chi connectivity index (χ0n) is 11.9.